The highest BCUT2D eigenvalue weighted by molar-refractivity contribution is 5.88. The van der Waals surface area contributed by atoms with E-state index in [0.29, 0.717) is 11.3 Å². The number of hydrogen-bond donors (Lipinski definition) is 2. The molecule has 1 aromatic heterocycles. The fourth-order valence-corrected chi connectivity index (χ4v) is 1.89. The third-order valence-corrected chi connectivity index (χ3v) is 2.72. The van der Waals surface area contributed by atoms with Gasteiger partial charge in [0, 0.05) is 0 Å². The number of aliphatic hydroxyl groups excluding tert-OH is 1. The zero-order chi connectivity index (χ0) is 14.7. The maximum atomic E-state index is 11.0. The Labute approximate surface area is 116 Å². The van der Waals surface area contributed by atoms with Crippen LogP contribution in [0.3, 0.4) is 0 Å². The van der Waals surface area contributed by atoms with Crippen LogP contribution >= 0.6 is 0 Å². The molecular formula is C15H16O5. The Hall–Kier alpha value is -2.27. The van der Waals surface area contributed by atoms with Gasteiger partial charge in [-0.15, -0.1) is 0 Å². The summed E-state index contributed by atoms with van der Waals surface area (Å²) in [7, 11) is 0. The minimum absolute atomic E-state index is 0.0131. The van der Waals surface area contributed by atoms with Gasteiger partial charge in [-0.3, -0.25) is 0 Å². The number of furan rings is 1. The van der Waals surface area contributed by atoms with Crippen LogP contribution in [0.4, 0.5) is 0 Å². The molecule has 0 aliphatic rings. The number of aromatic carboxylic acids is 1. The molecule has 2 rings (SSSR count). The molecule has 20 heavy (non-hydrogen) atoms. The molecule has 2 aromatic rings. The first kappa shape index (κ1) is 14.1. The van der Waals surface area contributed by atoms with Gasteiger partial charge < -0.3 is 19.4 Å². The average Bonchev–Trinajstić information content (AvgIpc) is 2.86. The van der Waals surface area contributed by atoms with Gasteiger partial charge in [-0.05, 0) is 37.6 Å². The van der Waals surface area contributed by atoms with E-state index in [1.807, 2.05) is 13.8 Å². The zero-order valence-corrected chi connectivity index (χ0v) is 11.2. The average molecular weight is 276 g/mol. The number of carboxylic acids is 1. The number of ether oxygens (including phenoxy) is 1. The van der Waals surface area contributed by atoms with Crippen molar-refractivity contribution < 1.29 is 24.2 Å². The summed E-state index contributed by atoms with van der Waals surface area (Å²) in [5.41, 5.74) is 0.466. The Bertz CT molecular complexity index is 600. The largest absolute Gasteiger partial charge is 0.491 e. The zero-order valence-electron chi connectivity index (χ0n) is 11.2. The van der Waals surface area contributed by atoms with Gasteiger partial charge in [0.05, 0.1) is 12.4 Å². The molecule has 1 unspecified atom stereocenters. The molecule has 5 heteroatoms. The maximum absolute atomic E-state index is 11.0. The first-order chi connectivity index (χ1) is 9.49. The minimum Gasteiger partial charge on any atom is -0.491 e. The summed E-state index contributed by atoms with van der Waals surface area (Å²) in [4.78, 5) is 11.0. The van der Waals surface area contributed by atoms with Crippen molar-refractivity contribution in [2.45, 2.75) is 26.1 Å². The summed E-state index contributed by atoms with van der Waals surface area (Å²) in [5, 5.41) is 19.3. The van der Waals surface area contributed by atoms with E-state index in [-0.39, 0.29) is 17.4 Å². The van der Waals surface area contributed by atoms with Crippen molar-refractivity contribution in [3.05, 3.63) is 53.5 Å². The van der Waals surface area contributed by atoms with Gasteiger partial charge in [-0.2, -0.15) is 0 Å². The molecule has 1 aromatic carbocycles. The molecule has 0 aliphatic carbocycles. The molecule has 0 fully saturated rings. The van der Waals surface area contributed by atoms with Crippen LogP contribution in [0.15, 0.2) is 41.0 Å². The van der Waals surface area contributed by atoms with E-state index >= 15 is 0 Å². The molecule has 1 atom stereocenters. The molecule has 0 radical (unpaired) electrons. The van der Waals surface area contributed by atoms with Crippen molar-refractivity contribution in [2.75, 3.05) is 0 Å². The highest BCUT2D eigenvalue weighted by Gasteiger charge is 2.22. The van der Waals surface area contributed by atoms with Crippen LogP contribution in [0.2, 0.25) is 0 Å². The first-order valence-electron chi connectivity index (χ1n) is 6.24. The third-order valence-electron chi connectivity index (χ3n) is 2.72. The molecule has 0 bridgehead atoms. The van der Waals surface area contributed by atoms with E-state index in [1.165, 1.54) is 12.3 Å². The lowest BCUT2D eigenvalue weighted by molar-refractivity contribution is 0.0687. The van der Waals surface area contributed by atoms with Crippen molar-refractivity contribution in [1.29, 1.82) is 0 Å². The van der Waals surface area contributed by atoms with Gasteiger partial charge in [-0.25, -0.2) is 4.79 Å². The predicted octanol–water partition coefficient (Wildman–Crippen LogP) is 2.85. The minimum atomic E-state index is -1.15. The Balaban J connectivity index is 2.31. The Morgan fingerprint density at radius 2 is 2.05 bits per heavy atom. The lowest BCUT2D eigenvalue weighted by atomic mass is 10.0. The normalized spacial score (nSPS) is 12.4. The van der Waals surface area contributed by atoms with E-state index in [0.717, 1.165) is 0 Å². The third kappa shape index (κ3) is 3.00. The van der Waals surface area contributed by atoms with Gasteiger partial charge in [0.25, 0.3) is 0 Å². The number of benzene rings is 1. The van der Waals surface area contributed by atoms with Crippen LogP contribution in [0.1, 0.15) is 41.6 Å². The van der Waals surface area contributed by atoms with E-state index in [9.17, 15) is 9.90 Å². The van der Waals surface area contributed by atoms with Crippen molar-refractivity contribution in [1.82, 2.24) is 0 Å². The fourth-order valence-electron chi connectivity index (χ4n) is 1.89. The molecule has 0 aliphatic heterocycles. The molecule has 1 heterocycles. The Kier molecular flexibility index (Phi) is 4.10. The van der Waals surface area contributed by atoms with Gasteiger partial charge in [0.15, 0.2) is 5.76 Å². The lowest BCUT2D eigenvalue weighted by Gasteiger charge is -2.13. The van der Waals surface area contributed by atoms with Gasteiger partial charge in [0.1, 0.15) is 17.4 Å². The van der Waals surface area contributed by atoms with Crippen LogP contribution in [-0.2, 0) is 0 Å². The summed E-state index contributed by atoms with van der Waals surface area (Å²) >= 11 is 0. The number of hydrogen-bond acceptors (Lipinski definition) is 4. The van der Waals surface area contributed by atoms with E-state index < -0.39 is 12.1 Å². The molecule has 0 amide bonds. The van der Waals surface area contributed by atoms with Gasteiger partial charge in [0.2, 0.25) is 0 Å². The van der Waals surface area contributed by atoms with E-state index in [1.54, 1.807) is 24.3 Å². The lowest BCUT2D eigenvalue weighted by Crippen LogP contribution is -2.08. The summed E-state index contributed by atoms with van der Waals surface area (Å²) in [6.07, 6.45) is 0.114. The topological polar surface area (TPSA) is 79.9 Å². The molecule has 106 valence electrons. The molecule has 5 nitrogen and oxygen atoms in total. The number of carbonyl (C=O) groups is 1. The van der Waals surface area contributed by atoms with Gasteiger partial charge >= 0.3 is 5.97 Å². The SMILES string of the molecule is CC(C)Oc1cccc(C(O)c2occc2C(=O)O)c1. The Morgan fingerprint density at radius 1 is 1.30 bits per heavy atom. The highest BCUT2D eigenvalue weighted by atomic mass is 16.5. The molecule has 0 spiro atoms. The number of aliphatic hydroxyl groups is 1. The van der Waals surface area contributed by atoms with E-state index in [4.69, 9.17) is 14.3 Å². The summed E-state index contributed by atoms with van der Waals surface area (Å²) in [5.74, 6) is -0.512. The second-order valence-electron chi connectivity index (χ2n) is 4.65. The standard InChI is InChI=1S/C15H16O5/c1-9(2)20-11-5-3-4-10(8-11)13(16)14-12(15(17)18)6-7-19-14/h3-9,13,16H,1-2H3,(H,17,18). The predicted molar refractivity (Wildman–Crippen MR) is 71.9 cm³/mol. The summed E-state index contributed by atoms with van der Waals surface area (Å²) in [6.45, 7) is 3.80. The summed E-state index contributed by atoms with van der Waals surface area (Å²) in [6, 6.07) is 8.18. The van der Waals surface area contributed by atoms with Crippen molar-refractivity contribution >= 4 is 5.97 Å². The van der Waals surface area contributed by atoms with Crippen LogP contribution in [0.25, 0.3) is 0 Å². The van der Waals surface area contributed by atoms with Crippen LogP contribution < -0.4 is 4.74 Å². The number of carboxylic acid groups (broad SMARTS) is 1. The van der Waals surface area contributed by atoms with Crippen LogP contribution in [-0.4, -0.2) is 22.3 Å². The van der Waals surface area contributed by atoms with Crippen LogP contribution in [0, 0.1) is 0 Å². The Morgan fingerprint density at radius 3 is 2.70 bits per heavy atom. The van der Waals surface area contributed by atoms with Crippen molar-refractivity contribution in [2.24, 2.45) is 0 Å². The summed E-state index contributed by atoms with van der Waals surface area (Å²) < 4.78 is 10.6. The molecular weight excluding hydrogens is 260 g/mol. The second kappa shape index (κ2) is 5.79. The highest BCUT2D eigenvalue weighted by Crippen LogP contribution is 2.28. The van der Waals surface area contributed by atoms with Gasteiger partial charge in [-0.1, -0.05) is 12.1 Å². The fraction of sp³-hybridized carbons (Fsp3) is 0.267. The quantitative estimate of drug-likeness (QED) is 0.877. The van der Waals surface area contributed by atoms with Crippen LogP contribution in [0.5, 0.6) is 5.75 Å². The molecule has 2 N–H and O–H groups in total. The smallest absolute Gasteiger partial charge is 0.339 e. The van der Waals surface area contributed by atoms with E-state index in [2.05, 4.69) is 0 Å². The molecule has 0 saturated heterocycles. The first-order valence-corrected chi connectivity index (χ1v) is 6.24. The van der Waals surface area contributed by atoms with Crippen molar-refractivity contribution in [3.63, 3.8) is 0 Å². The second-order valence-corrected chi connectivity index (χ2v) is 4.65. The number of rotatable bonds is 5. The maximum Gasteiger partial charge on any atom is 0.339 e. The monoisotopic (exact) mass is 276 g/mol. The molecule has 0 saturated carbocycles. The van der Waals surface area contributed by atoms with Crippen molar-refractivity contribution in [3.8, 4) is 5.75 Å².